The van der Waals surface area contributed by atoms with E-state index in [0.717, 1.165) is 32.1 Å². The minimum Gasteiger partial charge on any atom is -0.507 e. The number of anilines is 1. The number of ether oxygens (including phenoxy) is 2. The molecule has 0 spiro atoms. The molecule has 0 radical (unpaired) electrons. The van der Waals surface area contributed by atoms with Crippen molar-refractivity contribution in [3.05, 3.63) is 59.7 Å². The van der Waals surface area contributed by atoms with Crippen LogP contribution in [0.15, 0.2) is 59.1 Å². The number of carbonyl (C=O) groups excluding carboxylic acids is 3. The van der Waals surface area contributed by atoms with Gasteiger partial charge in [-0.05, 0) is 57.4 Å². The largest absolute Gasteiger partial charge is 0.507 e. The molecule has 2 amide bonds. The summed E-state index contributed by atoms with van der Waals surface area (Å²) in [7, 11) is 1.50. The molecule has 5 unspecified atom stereocenters. The van der Waals surface area contributed by atoms with Crippen molar-refractivity contribution in [2.24, 2.45) is 11.8 Å². The highest BCUT2D eigenvalue weighted by Crippen LogP contribution is 2.43. The van der Waals surface area contributed by atoms with Crippen molar-refractivity contribution < 1.29 is 39.2 Å². The highest BCUT2D eigenvalue weighted by Gasteiger charge is 2.31. The molecule has 1 aromatic rings. The molecule has 2 aliphatic rings. The second-order valence-electron chi connectivity index (χ2n) is 12.6. The SMILES string of the molecule is COC1C=C/C=C\C=C/CC(OC(=O)C(C)NC(=O)C2CCCCC2)C(C)C(O)/C(C)=C\CCc2cc(O)c(SC)c(c2O)NC(=O)C1. The van der Waals surface area contributed by atoms with E-state index < -0.39 is 36.2 Å². The van der Waals surface area contributed by atoms with E-state index in [1.807, 2.05) is 25.2 Å². The van der Waals surface area contributed by atoms with Crippen molar-refractivity contribution >= 4 is 35.2 Å². The zero-order chi connectivity index (χ0) is 35.2. The Morgan fingerprint density at radius 3 is 2.50 bits per heavy atom. The Hall–Kier alpha value is -3.54. The molecule has 1 aliphatic carbocycles. The predicted octanol–water partition coefficient (Wildman–Crippen LogP) is 6.11. The number of hydrogen-bond acceptors (Lipinski definition) is 9. The van der Waals surface area contributed by atoms with Crippen molar-refractivity contribution in [1.82, 2.24) is 5.32 Å². The summed E-state index contributed by atoms with van der Waals surface area (Å²) in [5, 5.41) is 38.7. The van der Waals surface area contributed by atoms with Gasteiger partial charge in [0.25, 0.3) is 0 Å². The van der Waals surface area contributed by atoms with E-state index in [-0.39, 0.29) is 41.3 Å². The predicted molar refractivity (Wildman–Crippen MR) is 189 cm³/mol. The average molecular weight is 685 g/mol. The number of fused-ring (bicyclic) bond motifs is 2. The van der Waals surface area contributed by atoms with Crippen LogP contribution in [-0.4, -0.2) is 70.8 Å². The van der Waals surface area contributed by atoms with Crippen LogP contribution >= 0.6 is 11.8 Å². The first-order valence-electron chi connectivity index (χ1n) is 16.8. The second-order valence-corrected chi connectivity index (χ2v) is 13.4. The van der Waals surface area contributed by atoms with Crippen molar-refractivity contribution in [2.75, 3.05) is 18.7 Å². The van der Waals surface area contributed by atoms with Crippen molar-refractivity contribution in [3.8, 4) is 11.5 Å². The molecule has 5 atom stereocenters. The molecule has 1 fully saturated rings. The lowest BCUT2D eigenvalue weighted by atomic mass is 9.88. The summed E-state index contributed by atoms with van der Waals surface area (Å²) < 4.78 is 11.4. The number of aryl methyl sites for hydroxylation is 1. The molecule has 48 heavy (non-hydrogen) atoms. The van der Waals surface area contributed by atoms with E-state index in [0.29, 0.717) is 35.3 Å². The number of hydrogen-bond donors (Lipinski definition) is 5. The number of rotatable bonds is 6. The number of phenols is 2. The van der Waals surface area contributed by atoms with Crippen molar-refractivity contribution in [2.45, 2.75) is 108 Å². The Balaban J connectivity index is 1.86. The van der Waals surface area contributed by atoms with Crippen LogP contribution in [0.5, 0.6) is 11.5 Å². The fourth-order valence-electron chi connectivity index (χ4n) is 5.99. The number of carbonyl (C=O) groups is 3. The van der Waals surface area contributed by atoms with Gasteiger partial charge in [0.2, 0.25) is 11.8 Å². The number of amides is 2. The van der Waals surface area contributed by atoms with Crippen LogP contribution in [0, 0.1) is 11.8 Å². The smallest absolute Gasteiger partial charge is 0.328 e. The van der Waals surface area contributed by atoms with Crippen LogP contribution in [0.4, 0.5) is 5.69 Å². The first kappa shape index (κ1) is 38.9. The first-order chi connectivity index (χ1) is 23.0. The Bertz CT molecular complexity index is 1380. The van der Waals surface area contributed by atoms with Crippen LogP contribution in [0.2, 0.25) is 0 Å². The summed E-state index contributed by atoms with van der Waals surface area (Å²) >= 11 is 1.20. The number of aliphatic hydroxyl groups is 1. The van der Waals surface area contributed by atoms with Crippen LogP contribution in [0.3, 0.4) is 0 Å². The minimum atomic E-state index is -0.947. The number of allylic oxidation sites excluding steroid dienone is 5. The molecule has 1 aliphatic heterocycles. The van der Waals surface area contributed by atoms with Crippen molar-refractivity contribution in [1.29, 1.82) is 0 Å². The van der Waals surface area contributed by atoms with Gasteiger partial charge in [0.15, 0.2) is 0 Å². The van der Waals surface area contributed by atoms with Crippen molar-refractivity contribution in [3.63, 3.8) is 0 Å². The molecule has 0 saturated heterocycles. The maximum atomic E-state index is 13.2. The van der Waals surface area contributed by atoms with Crippen LogP contribution in [-0.2, 0) is 30.3 Å². The molecule has 10 nitrogen and oxygen atoms in total. The third kappa shape index (κ3) is 11.3. The second kappa shape index (κ2) is 19.5. The summed E-state index contributed by atoms with van der Waals surface area (Å²) in [6.45, 7) is 5.23. The number of thioether (sulfide) groups is 1. The van der Waals surface area contributed by atoms with Crippen LogP contribution in [0.1, 0.15) is 77.7 Å². The Morgan fingerprint density at radius 2 is 1.81 bits per heavy atom. The Labute approximate surface area is 288 Å². The summed E-state index contributed by atoms with van der Waals surface area (Å²) in [5.41, 5.74) is 1.23. The number of aliphatic hydroxyl groups excluding tert-OH is 1. The molecule has 1 heterocycles. The van der Waals surface area contributed by atoms with Crippen LogP contribution in [0.25, 0.3) is 0 Å². The van der Waals surface area contributed by atoms with E-state index in [2.05, 4.69) is 10.6 Å². The normalized spacial score (nSPS) is 26.5. The number of phenolic OH excluding ortho intramolecular Hbond substituents is 2. The molecular formula is C37H52N2O8S. The fraction of sp³-hybridized carbons (Fsp3) is 0.541. The first-order valence-corrected chi connectivity index (χ1v) is 18.0. The van der Waals surface area contributed by atoms with Gasteiger partial charge >= 0.3 is 5.97 Å². The van der Waals surface area contributed by atoms with E-state index in [1.54, 1.807) is 44.4 Å². The molecule has 5 N–H and O–H groups in total. The zero-order valence-corrected chi connectivity index (χ0v) is 29.6. The topological polar surface area (TPSA) is 154 Å². The molecule has 264 valence electrons. The van der Waals surface area contributed by atoms with Gasteiger partial charge in [0.1, 0.15) is 29.3 Å². The van der Waals surface area contributed by atoms with Gasteiger partial charge < -0.3 is 35.4 Å². The Kier molecular flexibility index (Phi) is 15.8. The van der Waals surface area contributed by atoms with Gasteiger partial charge in [-0.3, -0.25) is 9.59 Å². The maximum absolute atomic E-state index is 13.2. The van der Waals surface area contributed by atoms with Gasteiger partial charge in [-0.25, -0.2) is 4.79 Å². The summed E-state index contributed by atoms with van der Waals surface area (Å²) in [4.78, 5) is 39.2. The fourth-order valence-corrected chi connectivity index (χ4v) is 6.61. The van der Waals surface area contributed by atoms with Crippen LogP contribution < -0.4 is 10.6 Å². The molecule has 3 rings (SSSR count). The van der Waals surface area contributed by atoms with E-state index in [9.17, 15) is 29.7 Å². The number of nitrogens with one attached hydrogen (secondary N) is 2. The third-order valence-corrected chi connectivity index (χ3v) is 9.84. The lowest BCUT2D eigenvalue weighted by Gasteiger charge is -2.29. The monoisotopic (exact) mass is 684 g/mol. The average Bonchev–Trinajstić information content (AvgIpc) is 3.07. The molecule has 1 saturated carbocycles. The lowest BCUT2D eigenvalue weighted by Crippen LogP contribution is -2.45. The third-order valence-electron chi connectivity index (χ3n) is 9.02. The van der Waals surface area contributed by atoms with Gasteiger partial charge in [0, 0.05) is 30.9 Å². The molecule has 2 bridgehead atoms. The lowest BCUT2D eigenvalue weighted by molar-refractivity contribution is -0.156. The highest BCUT2D eigenvalue weighted by atomic mass is 32.2. The van der Waals surface area contributed by atoms with Gasteiger partial charge in [-0.1, -0.05) is 68.7 Å². The maximum Gasteiger partial charge on any atom is 0.328 e. The molecule has 11 heteroatoms. The van der Waals surface area contributed by atoms with E-state index in [4.69, 9.17) is 9.47 Å². The zero-order valence-electron chi connectivity index (χ0n) is 28.7. The van der Waals surface area contributed by atoms with Gasteiger partial charge in [0.05, 0.1) is 23.5 Å². The molecule has 0 aromatic heterocycles. The van der Waals surface area contributed by atoms with Gasteiger partial charge in [-0.2, -0.15) is 0 Å². The summed E-state index contributed by atoms with van der Waals surface area (Å²) in [6.07, 6.45) is 18.0. The highest BCUT2D eigenvalue weighted by molar-refractivity contribution is 7.98. The molecular weight excluding hydrogens is 632 g/mol. The molecule has 1 aromatic carbocycles. The van der Waals surface area contributed by atoms with E-state index in [1.165, 1.54) is 24.9 Å². The van der Waals surface area contributed by atoms with Gasteiger partial charge in [-0.15, -0.1) is 11.8 Å². The number of benzene rings is 1. The standard InChI is InChI=1S/C37H52N2O8S/c1-23-15-14-18-27-21-29(40)35(48-5)32(34(27)43)39-31(41)22-28(46-4)19-12-7-6-8-13-20-30(24(2)33(23)42)47-37(45)25(3)38-36(44)26-16-10-9-11-17-26/h6-8,12-13,15,19,21,24-26,28,30,33,40,42-43H,9-11,14,16-18,20,22H2,1-5H3,(H,38,44)(H,39,41)/b7-6-,13-8-,19-12?,23-15-. The van der Waals surface area contributed by atoms with E-state index >= 15 is 0 Å². The Morgan fingerprint density at radius 1 is 1.10 bits per heavy atom. The number of esters is 1. The quantitative estimate of drug-likeness (QED) is 0.0785. The minimum absolute atomic E-state index is 0.0147. The number of methoxy groups -OCH3 is 1. The summed E-state index contributed by atoms with van der Waals surface area (Å²) in [5.74, 6) is -1.84. The number of aromatic hydroxyl groups is 2. The summed E-state index contributed by atoms with van der Waals surface area (Å²) in [6, 6.07) is 0.651.